The minimum Gasteiger partial charge on any atom is -0.294 e. The average molecular weight is 477 g/mol. The Kier molecular flexibility index (Phi) is 7.34. The number of hydrogen-bond donors (Lipinski definition) is 0. The summed E-state index contributed by atoms with van der Waals surface area (Å²) in [5, 5.41) is 0. The molecular weight excluding hydrogens is 448 g/mol. The molecule has 0 atom stereocenters. The monoisotopic (exact) mass is 476 g/mol. The van der Waals surface area contributed by atoms with E-state index < -0.39 is 10.0 Å². The molecule has 34 heavy (non-hydrogen) atoms. The second kappa shape index (κ2) is 10.4. The van der Waals surface area contributed by atoms with Gasteiger partial charge in [0, 0.05) is 24.8 Å². The maximum Gasteiger partial charge on any atom is 0.214 e. The maximum atomic E-state index is 13.1. The molecule has 1 aliphatic rings. The number of aromatic nitrogens is 1. The van der Waals surface area contributed by atoms with E-state index in [1.54, 1.807) is 30.5 Å². The molecule has 0 radical (unpaired) electrons. The molecular formula is C27H28N2O4S. The summed E-state index contributed by atoms with van der Waals surface area (Å²) in [6, 6.07) is 18.8. The first-order chi connectivity index (χ1) is 16.3. The lowest BCUT2D eigenvalue weighted by Crippen LogP contribution is -2.37. The molecule has 2 aromatic carbocycles. The fraction of sp³-hybridized carbons (Fsp3) is 0.296. The molecule has 3 aromatic rings. The summed E-state index contributed by atoms with van der Waals surface area (Å²) >= 11 is 0. The van der Waals surface area contributed by atoms with Crippen LogP contribution in [0, 0.1) is 6.92 Å². The molecule has 4 rings (SSSR count). The summed E-state index contributed by atoms with van der Waals surface area (Å²) in [6.45, 7) is 2.57. The van der Waals surface area contributed by atoms with Gasteiger partial charge in [0.1, 0.15) is 5.69 Å². The Hall–Kier alpha value is -3.16. The highest BCUT2D eigenvalue weighted by Gasteiger charge is 2.26. The Morgan fingerprint density at radius 3 is 2.41 bits per heavy atom. The van der Waals surface area contributed by atoms with Gasteiger partial charge in [0.25, 0.3) is 0 Å². The van der Waals surface area contributed by atoms with Crippen molar-refractivity contribution in [3.05, 3.63) is 100 Å². The summed E-state index contributed by atoms with van der Waals surface area (Å²) in [6.07, 6.45) is 3.38. The Morgan fingerprint density at radius 2 is 1.68 bits per heavy atom. The third-order valence-corrected chi connectivity index (χ3v) is 7.86. The van der Waals surface area contributed by atoms with E-state index in [1.165, 1.54) is 4.31 Å². The molecule has 1 fully saturated rings. The minimum atomic E-state index is -3.30. The molecule has 2 heterocycles. The fourth-order valence-electron chi connectivity index (χ4n) is 4.20. The number of aryl methyl sites for hydroxylation is 1. The highest BCUT2D eigenvalue weighted by molar-refractivity contribution is 7.89. The van der Waals surface area contributed by atoms with Gasteiger partial charge in [-0.1, -0.05) is 36.4 Å². The lowest BCUT2D eigenvalue weighted by molar-refractivity contribution is 0.0891. The first-order valence-corrected chi connectivity index (χ1v) is 13.0. The second-order valence-corrected chi connectivity index (χ2v) is 10.9. The number of sulfonamides is 1. The van der Waals surface area contributed by atoms with Crippen molar-refractivity contribution < 1.29 is 18.0 Å². The molecule has 7 heteroatoms. The number of rotatable bonds is 8. The largest absolute Gasteiger partial charge is 0.294 e. The molecule has 0 unspecified atom stereocenters. The molecule has 6 nitrogen and oxygen atoms in total. The standard InChI is InChI=1S/C27H28N2O4S/c1-20-9-10-28-25(13-20)27(31)18-26(30)24-16-22(14-21-7-3-2-4-8-21)15-23(17-24)19-29-11-5-6-12-34(29,32)33/h2-4,7-10,13,15-17H,5-6,11-12,14,18-19H2,1H3. The molecule has 1 saturated heterocycles. The summed E-state index contributed by atoms with van der Waals surface area (Å²) in [5.74, 6) is -0.478. The van der Waals surface area contributed by atoms with Crippen molar-refractivity contribution in [2.75, 3.05) is 12.3 Å². The lowest BCUT2D eigenvalue weighted by atomic mass is 9.96. The van der Waals surface area contributed by atoms with E-state index in [1.807, 2.05) is 43.3 Å². The number of hydrogen-bond acceptors (Lipinski definition) is 5. The number of nitrogens with zero attached hydrogens (tertiary/aromatic N) is 2. The topological polar surface area (TPSA) is 84.4 Å². The molecule has 1 aromatic heterocycles. The van der Waals surface area contributed by atoms with Crippen molar-refractivity contribution in [1.82, 2.24) is 9.29 Å². The van der Waals surface area contributed by atoms with Gasteiger partial charge in [0.2, 0.25) is 10.0 Å². The van der Waals surface area contributed by atoms with E-state index in [0.29, 0.717) is 24.9 Å². The zero-order valence-electron chi connectivity index (χ0n) is 19.2. The molecule has 0 aliphatic carbocycles. The predicted molar refractivity (Wildman–Crippen MR) is 131 cm³/mol. The molecule has 0 bridgehead atoms. The van der Waals surface area contributed by atoms with Crippen molar-refractivity contribution in [1.29, 1.82) is 0 Å². The third-order valence-electron chi connectivity index (χ3n) is 5.96. The number of carbonyl (C=O) groups is 2. The quantitative estimate of drug-likeness (QED) is 0.356. The minimum absolute atomic E-state index is 0.153. The van der Waals surface area contributed by atoms with E-state index in [2.05, 4.69) is 4.98 Å². The van der Waals surface area contributed by atoms with Crippen molar-refractivity contribution in [3.63, 3.8) is 0 Å². The number of ketones is 2. The first kappa shape index (κ1) is 24.0. The Balaban J connectivity index is 1.62. The van der Waals surface area contributed by atoms with Crippen LogP contribution < -0.4 is 0 Å². The van der Waals surface area contributed by atoms with Crippen LogP contribution >= 0.6 is 0 Å². The van der Waals surface area contributed by atoms with Crippen LogP contribution in [-0.4, -0.2) is 41.6 Å². The Bertz CT molecular complexity index is 1300. The molecule has 0 amide bonds. The van der Waals surface area contributed by atoms with Crippen LogP contribution in [-0.2, 0) is 23.0 Å². The van der Waals surface area contributed by atoms with Gasteiger partial charge in [-0.2, -0.15) is 4.31 Å². The summed E-state index contributed by atoms with van der Waals surface area (Å²) in [5.41, 5.74) is 4.34. The molecule has 1 aliphatic heterocycles. The van der Waals surface area contributed by atoms with E-state index in [0.717, 1.165) is 28.7 Å². The van der Waals surface area contributed by atoms with Crippen LogP contribution in [0.4, 0.5) is 0 Å². The van der Waals surface area contributed by atoms with Crippen LogP contribution in [0.25, 0.3) is 0 Å². The van der Waals surface area contributed by atoms with Crippen molar-refractivity contribution >= 4 is 21.6 Å². The van der Waals surface area contributed by atoms with Gasteiger partial charge in [0.05, 0.1) is 12.2 Å². The van der Waals surface area contributed by atoms with Gasteiger partial charge in [-0.05, 0) is 72.7 Å². The number of pyridine rings is 1. The van der Waals surface area contributed by atoms with Gasteiger partial charge >= 0.3 is 0 Å². The maximum absolute atomic E-state index is 13.1. The van der Waals surface area contributed by atoms with Gasteiger partial charge < -0.3 is 0 Å². The lowest BCUT2D eigenvalue weighted by Gasteiger charge is -2.26. The zero-order valence-corrected chi connectivity index (χ0v) is 20.1. The van der Waals surface area contributed by atoms with Crippen molar-refractivity contribution in [2.45, 2.75) is 39.2 Å². The average Bonchev–Trinajstić information content (AvgIpc) is 2.81. The smallest absolute Gasteiger partial charge is 0.214 e. The van der Waals surface area contributed by atoms with Crippen LogP contribution in [0.2, 0.25) is 0 Å². The van der Waals surface area contributed by atoms with Crippen LogP contribution in [0.15, 0.2) is 66.9 Å². The van der Waals surface area contributed by atoms with E-state index >= 15 is 0 Å². The van der Waals surface area contributed by atoms with Gasteiger partial charge in [-0.25, -0.2) is 8.42 Å². The highest BCUT2D eigenvalue weighted by Crippen LogP contribution is 2.22. The van der Waals surface area contributed by atoms with Gasteiger partial charge in [-0.3, -0.25) is 14.6 Å². The molecule has 0 spiro atoms. The van der Waals surface area contributed by atoms with Gasteiger partial charge in [-0.15, -0.1) is 0 Å². The SMILES string of the molecule is Cc1ccnc(C(=O)CC(=O)c2cc(Cc3ccccc3)cc(CN3CCCCS3(=O)=O)c2)c1. The second-order valence-electron chi connectivity index (χ2n) is 8.80. The normalized spacial score (nSPS) is 15.7. The molecule has 0 saturated carbocycles. The van der Waals surface area contributed by atoms with Crippen LogP contribution in [0.3, 0.4) is 0 Å². The Labute approximate surface area is 200 Å². The number of Topliss-reactive ketones (excluding diaryl/α,β-unsaturated/α-hetero) is 2. The van der Waals surface area contributed by atoms with Crippen LogP contribution in [0.5, 0.6) is 0 Å². The van der Waals surface area contributed by atoms with Crippen molar-refractivity contribution in [3.8, 4) is 0 Å². The summed E-state index contributed by atoms with van der Waals surface area (Å²) in [7, 11) is -3.30. The fourth-order valence-corrected chi connectivity index (χ4v) is 5.78. The van der Waals surface area contributed by atoms with Crippen molar-refractivity contribution in [2.24, 2.45) is 0 Å². The first-order valence-electron chi connectivity index (χ1n) is 11.4. The molecule has 176 valence electrons. The number of benzene rings is 2. The van der Waals surface area contributed by atoms with E-state index in [4.69, 9.17) is 0 Å². The predicted octanol–water partition coefficient (Wildman–Crippen LogP) is 4.36. The Morgan fingerprint density at radius 1 is 0.912 bits per heavy atom. The zero-order chi connectivity index (χ0) is 24.1. The highest BCUT2D eigenvalue weighted by atomic mass is 32.2. The van der Waals surface area contributed by atoms with Gasteiger partial charge in [0.15, 0.2) is 11.6 Å². The third kappa shape index (κ3) is 6.04. The van der Waals surface area contributed by atoms with Crippen LogP contribution in [0.1, 0.15) is 62.4 Å². The van der Waals surface area contributed by atoms with E-state index in [-0.39, 0.29) is 36.0 Å². The molecule has 0 N–H and O–H groups in total. The summed E-state index contributed by atoms with van der Waals surface area (Å²) in [4.78, 5) is 29.9. The number of carbonyl (C=O) groups excluding carboxylic acids is 2. The summed E-state index contributed by atoms with van der Waals surface area (Å²) < 4.78 is 26.5. The van der Waals surface area contributed by atoms with E-state index in [9.17, 15) is 18.0 Å².